The van der Waals surface area contributed by atoms with Crippen molar-refractivity contribution in [1.29, 1.82) is 0 Å². The van der Waals surface area contributed by atoms with Gasteiger partial charge in [-0.3, -0.25) is 14.6 Å². The fraction of sp³-hybridized carbons (Fsp3) is 0.259. The van der Waals surface area contributed by atoms with Crippen LogP contribution in [0.15, 0.2) is 48.5 Å². The number of fused-ring (bicyclic) bond motifs is 2. The van der Waals surface area contributed by atoms with E-state index in [0.717, 1.165) is 39.4 Å². The number of carbonyl (C=O) groups excluding carboxylic acids is 2. The Morgan fingerprint density at radius 1 is 1.08 bits per heavy atom. The molecule has 0 spiro atoms. The van der Waals surface area contributed by atoms with Crippen molar-refractivity contribution in [3.8, 4) is 10.4 Å². The Hall–Kier alpha value is -3.00. The molecule has 3 heterocycles. The third kappa shape index (κ3) is 3.95. The average molecular weight is 537 g/mol. The molecule has 1 aliphatic carbocycles. The maximum atomic E-state index is 14.0. The maximum Gasteiger partial charge on any atom is 0.274 e. The lowest BCUT2D eigenvalue weighted by Crippen LogP contribution is -2.40. The number of likely N-dealkylation sites (tertiary alicyclic amines) is 1. The standard InChI is InChI=1S/C27H22Cl2N4O2S/c1-13-31-24(25(36-13)18-5-3-7-20(28)22(18)29)27(35)33-17(10-15-11-21(15)33)12-16-9-8-14-4-2-6-19(26(30)34)23(14)32-16/h2-9,15,17,21H,10-12H2,1H3,(H2,30,34)/t15-,17+,21+/m1/s1. The Morgan fingerprint density at radius 3 is 2.69 bits per heavy atom. The molecule has 2 aromatic heterocycles. The number of piperidine rings is 1. The van der Waals surface area contributed by atoms with E-state index >= 15 is 0 Å². The molecule has 2 amide bonds. The van der Waals surface area contributed by atoms with Crippen LogP contribution in [-0.2, 0) is 6.42 Å². The van der Waals surface area contributed by atoms with Crippen LogP contribution >= 0.6 is 34.5 Å². The number of nitrogens with two attached hydrogens (primary N) is 1. The third-order valence-electron chi connectivity index (χ3n) is 7.07. The first-order chi connectivity index (χ1) is 17.3. The van der Waals surface area contributed by atoms with Gasteiger partial charge in [0.25, 0.3) is 11.8 Å². The zero-order chi connectivity index (χ0) is 25.1. The average Bonchev–Trinajstić information content (AvgIpc) is 3.35. The van der Waals surface area contributed by atoms with Crippen molar-refractivity contribution in [3.05, 3.63) is 80.5 Å². The van der Waals surface area contributed by atoms with Gasteiger partial charge < -0.3 is 10.6 Å². The number of amides is 2. The lowest BCUT2D eigenvalue weighted by molar-refractivity contribution is 0.0694. The Morgan fingerprint density at radius 2 is 1.89 bits per heavy atom. The van der Waals surface area contributed by atoms with E-state index in [1.807, 2.05) is 42.2 Å². The maximum absolute atomic E-state index is 14.0. The Labute approximate surface area is 222 Å². The summed E-state index contributed by atoms with van der Waals surface area (Å²) in [7, 11) is 0. The predicted octanol–water partition coefficient (Wildman–Crippen LogP) is 5.92. The van der Waals surface area contributed by atoms with Crippen LogP contribution in [0.3, 0.4) is 0 Å². The van der Waals surface area contributed by atoms with Gasteiger partial charge in [0.1, 0.15) is 5.69 Å². The molecular weight excluding hydrogens is 515 g/mol. The number of hydrogen-bond donors (Lipinski definition) is 1. The van der Waals surface area contributed by atoms with Gasteiger partial charge in [0.2, 0.25) is 0 Å². The lowest BCUT2D eigenvalue weighted by atomic mass is 10.0. The SMILES string of the molecule is Cc1nc(C(=O)N2[C@H](Cc3ccc4cccc(C(N)=O)c4n3)C[C@@H]3C[C@@H]32)c(-c2cccc(Cl)c2Cl)s1. The van der Waals surface area contributed by atoms with E-state index in [-0.39, 0.29) is 18.0 Å². The summed E-state index contributed by atoms with van der Waals surface area (Å²) in [6.07, 6.45) is 2.53. The number of primary amides is 1. The number of rotatable bonds is 5. The molecule has 4 aromatic rings. The molecule has 9 heteroatoms. The first kappa shape index (κ1) is 23.4. The number of nitrogens with zero attached hydrogens (tertiary/aromatic N) is 3. The molecule has 0 bridgehead atoms. The van der Waals surface area contributed by atoms with Crippen LogP contribution in [0.2, 0.25) is 10.0 Å². The van der Waals surface area contributed by atoms with Crippen LogP contribution in [0.25, 0.3) is 21.3 Å². The van der Waals surface area contributed by atoms with Gasteiger partial charge >= 0.3 is 0 Å². The summed E-state index contributed by atoms with van der Waals surface area (Å²) in [6, 6.07) is 15.0. The van der Waals surface area contributed by atoms with E-state index in [1.54, 1.807) is 18.2 Å². The van der Waals surface area contributed by atoms with Gasteiger partial charge in [0, 0.05) is 35.1 Å². The number of aromatic nitrogens is 2. The molecule has 182 valence electrons. The largest absolute Gasteiger partial charge is 0.366 e. The Kier molecular flexibility index (Phi) is 5.74. The van der Waals surface area contributed by atoms with E-state index in [0.29, 0.717) is 39.2 Å². The van der Waals surface area contributed by atoms with Crippen molar-refractivity contribution in [2.24, 2.45) is 11.7 Å². The summed E-state index contributed by atoms with van der Waals surface area (Å²) >= 11 is 14.2. The van der Waals surface area contributed by atoms with Crippen molar-refractivity contribution in [3.63, 3.8) is 0 Å². The number of aryl methyl sites for hydroxylation is 1. The van der Waals surface area contributed by atoms with E-state index in [9.17, 15) is 9.59 Å². The predicted molar refractivity (Wildman–Crippen MR) is 143 cm³/mol. The molecular formula is C27H22Cl2N4O2S. The molecule has 6 nitrogen and oxygen atoms in total. The molecule has 0 unspecified atom stereocenters. The summed E-state index contributed by atoms with van der Waals surface area (Å²) in [5.41, 5.74) is 8.53. The van der Waals surface area contributed by atoms with Crippen LogP contribution in [-0.4, -0.2) is 38.8 Å². The summed E-state index contributed by atoms with van der Waals surface area (Å²) in [4.78, 5) is 38.0. The molecule has 6 rings (SSSR count). The fourth-order valence-electron chi connectivity index (χ4n) is 5.35. The molecule has 2 N–H and O–H groups in total. The summed E-state index contributed by atoms with van der Waals surface area (Å²) in [6.45, 7) is 1.89. The van der Waals surface area contributed by atoms with Crippen LogP contribution in [0.5, 0.6) is 0 Å². The van der Waals surface area contributed by atoms with Crippen molar-refractivity contribution >= 4 is 57.3 Å². The lowest BCUT2D eigenvalue weighted by Gasteiger charge is -2.27. The number of pyridine rings is 1. The second-order valence-corrected chi connectivity index (χ2v) is 11.4. The molecule has 2 aliphatic rings. The smallest absolute Gasteiger partial charge is 0.274 e. The molecule has 1 aliphatic heterocycles. The second kappa shape index (κ2) is 8.83. The molecule has 36 heavy (non-hydrogen) atoms. The van der Waals surface area contributed by atoms with Gasteiger partial charge in [0.05, 0.1) is 31.0 Å². The van der Waals surface area contributed by atoms with Gasteiger partial charge in [0.15, 0.2) is 0 Å². The van der Waals surface area contributed by atoms with Crippen molar-refractivity contribution in [1.82, 2.24) is 14.9 Å². The monoisotopic (exact) mass is 536 g/mol. The van der Waals surface area contributed by atoms with Gasteiger partial charge in [-0.25, -0.2) is 4.98 Å². The number of carbonyl (C=O) groups is 2. The molecule has 1 saturated heterocycles. The van der Waals surface area contributed by atoms with E-state index in [1.165, 1.54) is 11.3 Å². The molecule has 3 atom stereocenters. The van der Waals surface area contributed by atoms with Crippen LogP contribution in [0.1, 0.15) is 44.4 Å². The Bertz CT molecular complexity index is 1550. The van der Waals surface area contributed by atoms with Crippen LogP contribution in [0.4, 0.5) is 0 Å². The highest BCUT2D eigenvalue weighted by molar-refractivity contribution is 7.15. The van der Waals surface area contributed by atoms with Crippen LogP contribution in [0, 0.1) is 12.8 Å². The number of para-hydroxylation sites is 1. The minimum Gasteiger partial charge on any atom is -0.366 e. The number of hydrogen-bond acceptors (Lipinski definition) is 5. The van der Waals surface area contributed by atoms with Gasteiger partial charge in [-0.15, -0.1) is 11.3 Å². The number of benzene rings is 2. The molecule has 0 radical (unpaired) electrons. The number of halogens is 2. The first-order valence-electron chi connectivity index (χ1n) is 11.7. The normalized spacial score (nSPS) is 20.5. The molecule has 2 fully saturated rings. The highest BCUT2D eigenvalue weighted by Crippen LogP contribution is 2.50. The summed E-state index contributed by atoms with van der Waals surface area (Å²) in [5.74, 6) is -0.0900. The van der Waals surface area contributed by atoms with Gasteiger partial charge in [-0.2, -0.15) is 0 Å². The minimum atomic E-state index is -0.504. The van der Waals surface area contributed by atoms with Crippen LogP contribution < -0.4 is 5.73 Å². The topological polar surface area (TPSA) is 89.2 Å². The summed E-state index contributed by atoms with van der Waals surface area (Å²) in [5, 5.41) is 2.52. The van der Waals surface area contributed by atoms with Gasteiger partial charge in [-0.1, -0.05) is 53.5 Å². The van der Waals surface area contributed by atoms with E-state index in [2.05, 4.69) is 4.98 Å². The minimum absolute atomic E-state index is 0.00312. The van der Waals surface area contributed by atoms with Gasteiger partial charge in [-0.05, 0) is 43.9 Å². The molecule has 2 aromatic carbocycles. The zero-order valence-corrected chi connectivity index (χ0v) is 21.7. The number of thiazole rings is 1. The fourth-order valence-corrected chi connectivity index (χ4v) is 6.75. The van der Waals surface area contributed by atoms with E-state index in [4.69, 9.17) is 33.9 Å². The van der Waals surface area contributed by atoms with E-state index < -0.39 is 5.91 Å². The van der Waals surface area contributed by atoms with Crippen molar-refractivity contribution < 1.29 is 9.59 Å². The summed E-state index contributed by atoms with van der Waals surface area (Å²) < 4.78 is 0. The van der Waals surface area contributed by atoms with Crippen molar-refractivity contribution in [2.45, 2.75) is 38.3 Å². The van der Waals surface area contributed by atoms with Crippen molar-refractivity contribution in [2.75, 3.05) is 0 Å². The quantitative estimate of drug-likeness (QED) is 0.342. The molecule has 1 saturated carbocycles. The highest BCUT2D eigenvalue weighted by Gasteiger charge is 2.54. The third-order valence-corrected chi connectivity index (χ3v) is 8.89. The zero-order valence-electron chi connectivity index (χ0n) is 19.4. The second-order valence-electron chi connectivity index (χ2n) is 9.43. The first-order valence-corrected chi connectivity index (χ1v) is 13.3. The Balaban J connectivity index is 1.34. The highest BCUT2D eigenvalue weighted by atomic mass is 35.5.